The number of nitrogens with zero attached hydrogens (tertiary/aromatic N) is 1. The average molecular weight is 316 g/mol. The minimum atomic E-state index is -4.17. The molecule has 3 nitrogen and oxygen atoms in total. The van der Waals surface area contributed by atoms with Crippen LogP contribution in [0.2, 0.25) is 0 Å². The van der Waals surface area contributed by atoms with E-state index in [4.69, 9.17) is 4.74 Å². The molecule has 1 aromatic heterocycles. The molecule has 0 aliphatic rings. The molecule has 0 aliphatic carbocycles. The molecule has 114 valence electrons. The summed E-state index contributed by atoms with van der Waals surface area (Å²) < 4.78 is 41.2. The van der Waals surface area contributed by atoms with E-state index in [1.54, 1.807) is 7.11 Å². The van der Waals surface area contributed by atoms with Crippen molar-refractivity contribution in [2.75, 3.05) is 19.4 Å². The Balaban J connectivity index is 1.94. The Kier molecular flexibility index (Phi) is 5.30. The van der Waals surface area contributed by atoms with E-state index in [1.807, 2.05) is 30.3 Å². The molecule has 0 spiro atoms. The molecule has 0 aliphatic heterocycles. The molecule has 21 heavy (non-hydrogen) atoms. The molecule has 2 aromatic rings. The van der Waals surface area contributed by atoms with E-state index >= 15 is 0 Å². The van der Waals surface area contributed by atoms with Crippen molar-refractivity contribution in [3.05, 3.63) is 36.0 Å². The molecule has 1 heterocycles. The smallest absolute Gasteiger partial charge is 0.441 e. The number of aromatic nitrogens is 1. The average Bonchev–Trinajstić information content (AvgIpc) is 2.45. The molecule has 0 bridgehead atoms. The summed E-state index contributed by atoms with van der Waals surface area (Å²) in [5, 5.41) is 3.92. The van der Waals surface area contributed by atoms with Crippen LogP contribution in [0.3, 0.4) is 0 Å². The fraction of sp³-hybridized carbons (Fsp3) is 0.357. The fourth-order valence-electron chi connectivity index (χ4n) is 1.88. The van der Waals surface area contributed by atoms with Crippen molar-refractivity contribution in [2.45, 2.75) is 12.1 Å². The van der Waals surface area contributed by atoms with Gasteiger partial charge in [-0.2, -0.15) is 13.2 Å². The SMILES string of the molecule is COc1cccc2ccc(CNCCSC(F)(F)F)nc12. The van der Waals surface area contributed by atoms with Gasteiger partial charge in [-0.05, 0) is 23.9 Å². The van der Waals surface area contributed by atoms with Crippen molar-refractivity contribution in [3.8, 4) is 5.75 Å². The van der Waals surface area contributed by atoms with Gasteiger partial charge < -0.3 is 10.1 Å². The van der Waals surface area contributed by atoms with Crippen LogP contribution in [-0.2, 0) is 6.54 Å². The van der Waals surface area contributed by atoms with Crippen molar-refractivity contribution in [2.24, 2.45) is 0 Å². The predicted octanol–water partition coefficient (Wildman–Crippen LogP) is 3.59. The number of hydrogen-bond donors (Lipinski definition) is 1. The molecule has 0 amide bonds. The minimum Gasteiger partial charge on any atom is -0.494 e. The largest absolute Gasteiger partial charge is 0.494 e. The van der Waals surface area contributed by atoms with Crippen LogP contribution < -0.4 is 10.1 Å². The highest BCUT2D eigenvalue weighted by atomic mass is 32.2. The quantitative estimate of drug-likeness (QED) is 0.826. The number of halogens is 3. The molecular formula is C14H15F3N2OS. The number of hydrogen-bond acceptors (Lipinski definition) is 4. The molecule has 7 heteroatoms. The number of thioether (sulfide) groups is 1. The maximum Gasteiger partial charge on any atom is 0.441 e. The van der Waals surface area contributed by atoms with Gasteiger partial charge in [-0.3, -0.25) is 0 Å². The predicted molar refractivity (Wildman–Crippen MR) is 78.5 cm³/mol. The first-order valence-corrected chi connectivity index (χ1v) is 7.32. The van der Waals surface area contributed by atoms with Crippen LogP contribution in [0.1, 0.15) is 5.69 Å². The molecule has 2 rings (SSSR count). The van der Waals surface area contributed by atoms with Crippen LogP contribution in [-0.4, -0.2) is 29.9 Å². The van der Waals surface area contributed by atoms with Crippen molar-refractivity contribution in [1.82, 2.24) is 10.3 Å². The van der Waals surface area contributed by atoms with Crippen molar-refractivity contribution in [1.29, 1.82) is 0 Å². The number of para-hydroxylation sites is 1. The third-order valence-corrected chi connectivity index (χ3v) is 3.55. The first-order chi connectivity index (χ1) is 9.99. The lowest BCUT2D eigenvalue weighted by Gasteiger charge is -2.08. The van der Waals surface area contributed by atoms with Crippen molar-refractivity contribution >= 4 is 22.7 Å². The van der Waals surface area contributed by atoms with Crippen molar-refractivity contribution < 1.29 is 17.9 Å². The van der Waals surface area contributed by atoms with Crippen LogP contribution >= 0.6 is 11.8 Å². The van der Waals surface area contributed by atoms with Gasteiger partial charge in [0.05, 0.1) is 12.8 Å². The van der Waals surface area contributed by atoms with Gasteiger partial charge in [0.15, 0.2) is 0 Å². The Bertz CT molecular complexity index is 604. The number of pyridine rings is 1. The number of benzene rings is 1. The van der Waals surface area contributed by atoms with E-state index in [2.05, 4.69) is 10.3 Å². The molecule has 0 radical (unpaired) electrons. The number of methoxy groups -OCH3 is 1. The van der Waals surface area contributed by atoms with Gasteiger partial charge in [0.25, 0.3) is 0 Å². The Morgan fingerprint density at radius 1 is 1.24 bits per heavy atom. The van der Waals surface area contributed by atoms with Crippen LogP contribution in [0.15, 0.2) is 30.3 Å². The number of fused-ring (bicyclic) bond motifs is 1. The molecule has 0 fully saturated rings. The second kappa shape index (κ2) is 7.00. The fourth-order valence-corrected chi connectivity index (χ4v) is 2.36. The zero-order chi connectivity index (χ0) is 15.3. The number of nitrogens with one attached hydrogen (secondary N) is 1. The second-order valence-electron chi connectivity index (χ2n) is 4.31. The summed E-state index contributed by atoms with van der Waals surface area (Å²) in [6, 6.07) is 9.42. The third kappa shape index (κ3) is 4.78. The zero-order valence-electron chi connectivity index (χ0n) is 11.4. The molecular weight excluding hydrogens is 301 g/mol. The van der Waals surface area contributed by atoms with E-state index in [0.29, 0.717) is 12.3 Å². The van der Waals surface area contributed by atoms with Gasteiger partial charge in [-0.25, -0.2) is 4.98 Å². The Morgan fingerprint density at radius 3 is 2.76 bits per heavy atom. The number of rotatable bonds is 6. The molecule has 1 N–H and O–H groups in total. The monoisotopic (exact) mass is 316 g/mol. The highest BCUT2D eigenvalue weighted by Crippen LogP contribution is 2.29. The first kappa shape index (κ1) is 15.9. The maximum absolute atomic E-state index is 12.0. The van der Waals surface area contributed by atoms with Crippen LogP contribution in [0, 0.1) is 0 Å². The van der Waals surface area contributed by atoms with Gasteiger partial charge in [0.2, 0.25) is 0 Å². The molecule has 0 saturated heterocycles. The summed E-state index contributed by atoms with van der Waals surface area (Å²) in [6.07, 6.45) is 0. The third-order valence-electron chi connectivity index (χ3n) is 2.81. The van der Waals surface area contributed by atoms with Gasteiger partial charge in [-0.1, -0.05) is 18.2 Å². The van der Waals surface area contributed by atoms with Gasteiger partial charge >= 0.3 is 5.51 Å². The lowest BCUT2D eigenvalue weighted by molar-refractivity contribution is -0.0327. The lowest BCUT2D eigenvalue weighted by Crippen LogP contribution is -2.19. The Labute approximate surface area is 124 Å². The Morgan fingerprint density at radius 2 is 2.05 bits per heavy atom. The van der Waals surface area contributed by atoms with E-state index in [0.717, 1.165) is 16.6 Å². The van der Waals surface area contributed by atoms with Crippen LogP contribution in [0.4, 0.5) is 13.2 Å². The van der Waals surface area contributed by atoms with Gasteiger partial charge in [-0.15, -0.1) is 0 Å². The summed E-state index contributed by atoms with van der Waals surface area (Å²) in [6.45, 7) is 0.697. The van der Waals surface area contributed by atoms with E-state index < -0.39 is 5.51 Å². The number of alkyl halides is 3. The highest BCUT2D eigenvalue weighted by molar-refractivity contribution is 8.00. The maximum atomic E-state index is 12.0. The van der Waals surface area contributed by atoms with Crippen molar-refractivity contribution in [3.63, 3.8) is 0 Å². The Hall–Kier alpha value is -1.47. The molecule has 0 atom stereocenters. The van der Waals surface area contributed by atoms with Gasteiger partial charge in [0.1, 0.15) is 11.3 Å². The topological polar surface area (TPSA) is 34.1 Å². The number of ether oxygens (including phenoxy) is 1. The second-order valence-corrected chi connectivity index (χ2v) is 5.47. The first-order valence-electron chi connectivity index (χ1n) is 6.33. The van der Waals surface area contributed by atoms with Crippen LogP contribution in [0.5, 0.6) is 5.75 Å². The lowest BCUT2D eigenvalue weighted by atomic mass is 10.2. The summed E-state index contributed by atoms with van der Waals surface area (Å²) in [5.41, 5.74) is -2.65. The summed E-state index contributed by atoms with van der Waals surface area (Å²) >= 11 is -0.0256. The highest BCUT2D eigenvalue weighted by Gasteiger charge is 2.27. The normalized spacial score (nSPS) is 11.8. The van der Waals surface area contributed by atoms with E-state index in [-0.39, 0.29) is 24.1 Å². The minimum absolute atomic E-state index is 0.0135. The van der Waals surface area contributed by atoms with Gasteiger partial charge in [0, 0.05) is 24.2 Å². The molecule has 0 unspecified atom stereocenters. The summed E-state index contributed by atoms with van der Waals surface area (Å²) in [5.74, 6) is 0.669. The van der Waals surface area contributed by atoms with E-state index in [9.17, 15) is 13.2 Å². The zero-order valence-corrected chi connectivity index (χ0v) is 12.2. The summed E-state index contributed by atoms with van der Waals surface area (Å²) in [4.78, 5) is 4.48. The molecule has 0 saturated carbocycles. The molecule has 1 aromatic carbocycles. The van der Waals surface area contributed by atoms with Crippen LogP contribution in [0.25, 0.3) is 10.9 Å². The standard InChI is InChI=1S/C14H15F3N2OS/c1-20-12-4-2-3-10-5-6-11(19-13(10)12)9-18-7-8-21-14(15,16)17/h2-6,18H,7-9H2,1H3. The summed E-state index contributed by atoms with van der Waals surface area (Å²) in [7, 11) is 1.58. The van der Waals surface area contributed by atoms with E-state index in [1.165, 1.54) is 0 Å².